The van der Waals surface area contributed by atoms with Crippen LogP contribution < -0.4 is 9.80 Å². The van der Waals surface area contributed by atoms with Crippen LogP contribution in [0.3, 0.4) is 0 Å². The number of anilines is 2. The van der Waals surface area contributed by atoms with Crippen LogP contribution in [-0.2, 0) is 0 Å². The fourth-order valence-corrected chi connectivity index (χ4v) is 2.85. The summed E-state index contributed by atoms with van der Waals surface area (Å²) in [7, 11) is 0. The van der Waals surface area contributed by atoms with Crippen LogP contribution in [0, 0.1) is 0 Å². The molecular formula is C17H16BrN3O. The van der Waals surface area contributed by atoms with Crippen molar-refractivity contribution in [3.8, 4) is 0 Å². The summed E-state index contributed by atoms with van der Waals surface area (Å²) in [6.07, 6.45) is 3.60. The van der Waals surface area contributed by atoms with Crippen LogP contribution in [0.15, 0.2) is 59.7 Å². The molecule has 1 amide bonds. The maximum Gasteiger partial charge on any atom is 0.258 e. The normalized spacial score (nSPS) is 13.7. The maximum atomic E-state index is 12.8. The molecule has 0 aliphatic carbocycles. The summed E-state index contributed by atoms with van der Waals surface area (Å²) in [5.74, 6) is 0.833. The number of nitrogens with zero attached hydrogens (tertiary/aromatic N) is 3. The number of rotatable bonds is 3. The number of hydrogen-bond donors (Lipinski definition) is 0. The third kappa shape index (κ3) is 2.76. The van der Waals surface area contributed by atoms with Gasteiger partial charge < -0.3 is 9.80 Å². The Labute approximate surface area is 138 Å². The maximum absolute atomic E-state index is 12.8. The zero-order chi connectivity index (χ0) is 15.5. The van der Waals surface area contributed by atoms with Gasteiger partial charge in [-0.3, -0.25) is 4.79 Å². The quantitative estimate of drug-likeness (QED) is 0.788. The molecule has 4 nitrogen and oxygen atoms in total. The van der Waals surface area contributed by atoms with E-state index in [0.29, 0.717) is 12.1 Å². The third-order valence-electron chi connectivity index (χ3n) is 3.64. The van der Waals surface area contributed by atoms with Crippen molar-refractivity contribution in [2.45, 2.75) is 0 Å². The highest BCUT2D eigenvalue weighted by Gasteiger charge is 2.27. The lowest BCUT2D eigenvalue weighted by Crippen LogP contribution is -2.44. The Morgan fingerprint density at radius 3 is 2.77 bits per heavy atom. The molecule has 0 unspecified atom stereocenters. The molecule has 0 bridgehead atoms. The topological polar surface area (TPSA) is 36.4 Å². The Bertz CT molecular complexity index is 699. The lowest BCUT2D eigenvalue weighted by Gasteiger charge is -2.36. The number of halogens is 1. The molecule has 2 aromatic rings. The van der Waals surface area contributed by atoms with Gasteiger partial charge >= 0.3 is 0 Å². The molecule has 1 aromatic heterocycles. The van der Waals surface area contributed by atoms with Gasteiger partial charge in [0.2, 0.25) is 0 Å². The second-order valence-electron chi connectivity index (χ2n) is 5.04. The minimum atomic E-state index is 0.00000283. The zero-order valence-corrected chi connectivity index (χ0v) is 13.7. The number of benzene rings is 1. The van der Waals surface area contributed by atoms with E-state index in [0.717, 1.165) is 29.1 Å². The summed E-state index contributed by atoms with van der Waals surface area (Å²) in [6, 6.07) is 11.2. The lowest BCUT2D eigenvalue weighted by atomic mass is 10.1. The third-order valence-corrected chi connectivity index (χ3v) is 4.16. The van der Waals surface area contributed by atoms with E-state index in [-0.39, 0.29) is 5.91 Å². The summed E-state index contributed by atoms with van der Waals surface area (Å²) in [5.41, 5.74) is 1.53. The molecule has 112 valence electrons. The van der Waals surface area contributed by atoms with Crippen LogP contribution >= 0.6 is 15.9 Å². The molecule has 0 N–H and O–H groups in total. The smallest absolute Gasteiger partial charge is 0.258 e. The zero-order valence-electron chi connectivity index (χ0n) is 12.1. The molecule has 0 spiro atoms. The Morgan fingerprint density at radius 1 is 1.27 bits per heavy atom. The monoisotopic (exact) mass is 357 g/mol. The average molecular weight is 358 g/mol. The second kappa shape index (κ2) is 6.32. The number of amides is 1. The van der Waals surface area contributed by atoms with E-state index < -0.39 is 0 Å². The lowest BCUT2D eigenvalue weighted by molar-refractivity contribution is 0.0986. The van der Waals surface area contributed by atoms with E-state index in [2.05, 4.69) is 32.4 Å². The van der Waals surface area contributed by atoms with Gasteiger partial charge in [0.25, 0.3) is 5.91 Å². The molecule has 3 rings (SSSR count). The molecule has 5 heteroatoms. The minimum Gasteiger partial charge on any atom is -0.349 e. The summed E-state index contributed by atoms with van der Waals surface area (Å²) >= 11 is 3.39. The molecule has 0 saturated heterocycles. The first-order valence-electron chi connectivity index (χ1n) is 7.09. The van der Waals surface area contributed by atoms with Gasteiger partial charge in [0, 0.05) is 35.9 Å². The highest BCUT2D eigenvalue weighted by atomic mass is 79.9. The number of pyridine rings is 1. The number of carbonyl (C=O) groups is 1. The molecule has 1 aliphatic rings. The first-order chi connectivity index (χ1) is 10.7. The minimum absolute atomic E-state index is 0.00000283. The number of hydrogen-bond acceptors (Lipinski definition) is 3. The van der Waals surface area contributed by atoms with Crippen molar-refractivity contribution < 1.29 is 4.79 Å². The van der Waals surface area contributed by atoms with Crippen molar-refractivity contribution in [3.63, 3.8) is 0 Å². The summed E-state index contributed by atoms with van der Waals surface area (Å²) < 4.78 is 0.960. The van der Waals surface area contributed by atoms with Crippen molar-refractivity contribution >= 4 is 33.3 Å². The average Bonchev–Trinajstić information content (AvgIpc) is 2.55. The predicted octanol–water partition coefficient (Wildman–Crippen LogP) is 3.50. The van der Waals surface area contributed by atoms with Gasteiger partial charge in [0.1, 0.15) is 0 Å². The van der Waals surface area contributed by atoms with Crippen LogP contribution in [0.1, 0.15) is 10.4 Å². The van der Waals surface area contributed by atoms with Crippen LogP contribution in [0.25, 0.3) is 0 Å². The fraction of sp³-hybridized carbons (Fsp3) is 0.176. The Kier molecular flexibility index (Phi) is 4.24. The van der Waals surface area contributed by atoms with E-state index in [4.69, 9.17) is 0 Å². The van der Waals surface area contributed by atoms with Crippen LogP contribution in [0.2, 0.25) is 0 Å². The summed E-state index contributed by atoms with van der Waals surface area (Å²) in [5, 5.41) is 0. The van der Waals surface area contributed by atoms with E-state index in [1.165, 1.54) is 0 Å². The second-order valence-corrected chi connectivity index (χ2v) is 5.96. The van der Waals surface area contributed by atoms with Crippen LogP contribution in [-0.4, -0.2) is 30.5 Å². The van der Waals surface area contributed by atoms with E-state index in [1.54, 1.807) is 11.1 Å². The van der Waals surface area contributed by atoms with Gasteiger partial charge in [-0.05, 0) is 36.4 Å². The van der Waals surface area contributed by atoms with Gasteiger partial charge in [0.05, 0.1) is 5.69 Å². The standard InChI is InChI=1S/C17H16BrN3O/c1-2-10-20-11-12-21(15-4-3-9-19-16(15)20)17(22)13-5-7-14(18)8-6-13/h2-9H,1,10-12H2. The number of carbonyl (C=O) groups excluding carboxylic acids is 1. The molecule has 0 saturated carbocycles. The van der Waals surface area contributed by atoms with Gasteiger partial charge in [0.15, 0.2) is 5.82 Å². The summed E-state index contributed by atoms with van der Waals surface area (Å²) in [4.78, 5) is 21.1. The fourth-order valence-electron chi connectivity index (χ4n) is 2.58. The summed E-state index contributed by atoms with van der Waals surface area (Å²) in [6.45, 7) is 5.90. The Morgan fingerprint density at radius 2 is 2.05 bits per heavy atom. The SMILES string of the molecule is C=CCN1CCN(C(=O)c2ccc(Br)cc2)c2cccnc21. The van der Waals surface area contributed by atoms with Crippen molar-refractivity contribution in [1.82, 2.24) is 4.98 Å². The van der Waals surface area contributed by atoms with Crippen molar-refractivity contribution in [1.29, 1.82) is 0 Å². The highest BCUT2D eigenvalue weighted by Crippen LogP contribution is 2.31. The molecule has 0 radical (unpaired) electrons. The first-order valence-corrected chi connectivity index (χ1v) is 7.88. The van der Waals surface area contributed by atoms with Gasteiger partial charge in [-0.25, -0.2) is 4.98 Å². The predicted molar refractivity (Wildman–Crippen MR) is 92.5 cm³/mol. The van der Waals surface area contributed by atoms with Crippen molar-refractivity contribution in [3.05, 3.63) is 65.3 Å². The number of aromatic nitrogens is 1. The van der Waals surface area contributed by atoms with E-state index >= 15 is 0 Å². The van der Waals surface area contributed by atoms with Gasteiger partial charge in [-0.2, -0.15) is 0 Å². The Balaban J connectivity index is 1.94. The molecule has 0 atom stereocenters. The van der Waals surface area contributed by atoms with Crippen LogP contribution in [0.4, 0.5) is 11.5 Å². The van der Waals surface area contributed by atoms with Gasteiger partial charge in [-0.1, -0.05) is 22.0 Å². The molecule has 22 heavy (non-hydrogen) atoms. The molecule has 1 aromatic carbocycles. The van der Waals surface area contributed by atoms with Crippen molar-refractivity contribution in [2.24, 2.45) is 0 Å². The van der Waals surface area contributed by atoms with Crippen LogP contribution in [0.5, 0.6) is 0 Å². The largest absolute Gasteiger partial charge is 0.349 e. The Hall–Kier alpha value is -2.14. The van der Waals surface area contributed by atoms with E-state index in [9.17, 15) is 4.79 Å². The molecule has 1 aliphatic heterocycles. The van der Waals surface area contributed by atoms with Gasteiger partial charge in [-0.15, -0.1) is 6.58 Å². The molecule has 0 fully saturated rings. The molecular weight excluding hydrogens is 342 g/mol. The highest BCUT2D eigenvalue weighted by molar-refractivity contribution is 9.10. The van der Waals surface area contributed by atoms with Crippen molar-refractivity contribution in [2.75, 3.05) is 29.4 Å². The van der Waals surface area contributed by atoms with E-state index in [1.807, 2.05) is 42.5 Å². The number of fused-ring (bicyclic) bond motifs is 1. The molecule has 2 heterocycles. The first kappa shape index (κ1) is 14.8.